The van der Waals surface area contributed by atoms with E-state index in [2.05, 4.69) is 5.32 Å². The first kappa shape index (κ1) is 14.6. The summed E-state index contributed by atoms with van der Waals surface area (Å²) in [7, 11) is 0. The molecule has 5 nitrogen and oxygen atoms in total. The molecular formula is C11H13Cl2N3O2. The Hall–Kier alpha value is -1.46. The van der Waals surface area contributed by atoms with Crippen LogP contribution in [0.4, 0.5) is 5.69 Å². The van der Waals surface area contributed by atoms with Crippen LogP contribution in [0.5, 0.6) is 0 Å². The Kier molecular flexibility index (Phi) is 4.81. The third-order valence-corrected chi connectivity index (χ3v) is 2.98. The Morgan fingerprint density at radius 1 is 1.39 bits per heavy atom. The molecule has 0 aliphatic carbocycles. The van der Waals surface area contributed by atoms with Gasteiger partial charge < -0.3 is 16.8 Å². The van der Waals surface area contributed by atoms with E-state index in [1.807, 2.05) is 0 Å². The topological polar surface area (TPSA) is 98.2 Å². The molecule has 7 heteroatoms. The highest BCUT2D eigenvalue weighted by Gasteiger charge is 2.16. The molecule has 98 valence electrons. The number of carbonyl (C=O) groups is 2. The first-order chi connectivity index (χ1) is 8.31. The van der Waals surface area contributed by atoms with Crippen LogP contribution in [0.15, 0.2) is 12.1 Å². The highest BCUT2D eigenvalue weighted by atomic mass is 35.5. The first-order valence-corrected chi connectivity index (χ1v) is 5.90. The number of benzene rings is 1. The van der Waals surface area contributed by atoms with E-state index >= 15 is 0 Å². The predicted octanol–water partition coefficient (Wildman–Crippen LogP) is 1.57. The van der Waals surface area contributed by atoms with Crippen molar-refractivity contribution in [3.05, 3.63) is 27.7 Å². The fourth-order valence-corrected chi connectivity index (χ4v) is 1.85. The number of nitrogens with one attached hydrogen (secondary N) is 1. The van der Waals surface area contributed by atoms with Crippen molar-refractivity contribution in [1.82, 2.24) is 5.32 Å². The van der Waals surface area contributed by atoms with E-state index < -0.39 is 17.9 Å². The van der Waals surface area contributed by atoms with E-state index in [9.17, 15) is 9.59 Å². The van der Waals surface area contributed by atoms with Gasteiger partial charge in [-0.15, -0.1) is 0 Å². The van der Waals surface area contributed by atoms with Crippen LogP contribution >= 0.6 is 23.2 Å². The van der Waals surface area contributed by atoms with Crippen LogP contribution < -0.4 is 16.8 Å². The van der Waals surface area contributed by atoms with Gasteiger partial charge >= 0.3 is 0 Å². The molecule has 0 saturated carbocycles. The van der Waals surface area contributed by atoms with Gasteiger partial charge in [-0.25, -0.2) is 0 Å². The van der Waals surface area contributed by atoms with Gasteiger partial charge in [0, 0.05) is 18.2 Å². The van der Waals surface area contributed by atoms with Crippen LogP contribution in [0.1, 0.15) is 23.7 Å². The minimum Gasteiger partial charge on any atom is -0.399 e. The van der Waals surface area contributed by atoms with Crippen molar-refractivity contribution < 1.29 is 9.59 Å². The number of carbonyl (C=O) groups excluding carboxylic acids is 2. The molecule has 5 N–H and O–H groups in total. The molecule has 0 saturated heterocycles. The zero-order valence-corrected chi connectivity index (χ0v) is 11.2. The van der Waals surface area contributed by atoms with E-state index in [1.54, 1.807) is 6.92 Å². The lowest BCUT2D eigenvalue weighted by Gasteiger charge is -2.13. The number of rotatable bonds is 4. The third kappa shape index (κ3) is 3.78. The number of anilines is 1. The van der Waals surface area contributed by atoms with Crippen molar-refractivity contribution in [2.75, 3.05) is 5.73 Å². The Balaban J connectivity index is 2.88. The average molecular weight is 290 g/mol. The molecule has 1 aromatic rings. The Morgan fingerprint density at radius 2 is 2.00 bits per heavy atom. The van der Waals surface area contributed by atoms with Crippen LogP contribution in [0.3, 0.4) is 0 Å². The lowest BCUT2D eigenvalue weighted by Crippen LogP contribution is -2.35. The van der Waals surface area contributed by atoms with Crippen molar-refractivity contribution in [1.29, 1.82) is 0 Å². The highest BCUT2D eigenvalue weighted by Crippen LogP contribution is 2.28. The van der Waals surface area contributed by atoms with Gasteiger partial charge in [0.25, 0.3) is 5.91 Å². The summed E-state index contributed by atoms with van der Waals surface area (Å²) in [6.45, 7) is 1.66. The molecule has 0 aliphatic rings. The van der Waals surface area contributed by atoms with Gasteiger partial charge in [0.2, 0.25) is 5.91 Å². The number of halogens is 2. The van der Waals surface area contributed by atoms with Gasteiger partial charge in [-0.3, -0.25) is 9.59 Å². The van der Waals surface area contributed by atoms with Gasteiger partial charge in [0.1, 0.15) is 0 Å². The monoisotopic (exact) mass is 289 g/mol. The maximum absolute atomic E-state index is 11.9. The molecule has 1 rings (SSSR count). The second-order valence-corrected chi connectivity index (χ2v) is 4.69. The van der Waals surface area contributed by atoms with E-state index in [-0.39, 0.29) is 22.0 Å². The summed E-state index contributed by atoms with van der Waals surface area (Å²) in [5.41, 5.74) is 11.1. The number of nitrogen functional groups attached to an aromatic ring is 1. The van der Waals surface area contributed by atoms with Crippen molar-refractivity contribution >= 4 is 40.7 Å². The zero-order chi connectivity index (χ0) is 13.9. The molecule has 2 amide bonds. The summed E-state index contributed by atoms with van der Waals surface area (Å²) in [5.74, 6) is -0.956. The molecule has 0 aromatic heterocycles. The second-order valence-electron chi connectivity index (χ2n) is 3.91. The number of primary amides is 1. The molecule has 18 heavy (non-hydrogen) atoms. The van der Waals surface area contributed by atoms with Gasteiger partial charge in [0.15, 0.2) is 0 Å². The summed E-state index contributed by atoms with van der Waals surface area (Å²) in [6.07, 6.45) is 0.0411. The molecule has 1 aromatic carbocycles. The predicted molar refractivity (Wildman–Crippen MR) is 71.6 cm³/mol. The number of hydrogen-bond donors (Lipinski definition) is 3. The van der Waals surface area contributed by atoms with Gasteiger partial charge in [-0.05, 0) is 19.1 Å². The third-order valence-electron chi connectivity index (χ3n) is 2.18. The average Bonchev–Trinajstić information content (AvgIpc) is 2.21. The van der Waals surface area contributed by atoms with Crippen molar-refractivity contribution in [2.24, 2.45) is 5.73 Å². The lowest BCUT2D eigenvalue weighted by atomic mass is 10.1. The Bertz CT molecular complexity index is 491. The SMILES string of the molecule is CC(CC(N)=O)NC(=O)c1cc(N)cc(Cl)c1Cl. The van der Waals surface area contributed by atoms with Crippen LogP contribution in [-0.4, -0.2) is 17.9 Å². The molecule has 0 spiro atoms. The molecule has 0 bridgehead atoms. The smallest absolute Gasteiger partial charge is 0.253 e. The van der Waals surface area contributed by atoms with Crippen LogP contribution in [0.2, 0.25) is 10.0 Å². The lowest BCUT2D eigenvalue weighted by molar-refractivity contribution is -0.118. The maximum Gasteiger partial charge on any atom is 0.253 e. The Labute approximate surface area is 114 Å². The molecule has 0 aliphatic heterocycles. The van der Waals surface area contributed by atoms with Crippen molar-refractivity contribution in [3.8, 4) is 0 Å². The Morgan fingerprint density at radius 3 is 2.56 bits per heavy atom. The number of amides is 2. The van der Waals surface area contributed by atoms with Crippen molar-refractivity contribution in [3.63, 3.8) is 0 Å². The highest BCUT2D eigenvalue weighted by molar-refractivity contribution is 6.44. The standard InChI is InChI=1S/C11H13Cl2N3O2/c1-5(2-9(15)17)16-11(18)7-3-6(14)4-8(12)10(7)13/h3-5H,2,14H2,1H3,(H2,15,17)(H,16,18). The summed E-state index contributed by atoms with van der Waals surface area (Å²) < 4.78 is 0. The normalized spacial score (nSPS) is 11.9. The summed E-state index contributed by atoms with van der Waals surface area (Å²) >= 11 is 11.7. The quantitative estimate of drug-likeness (QED) is 0.734. The van der Waals surface area contributed by atoms with E-state index in [0.717, 1.165) is 0 Å². The number of hydrogen-bond acceptors (Lipinski definition) is 3. The second kappa shape index (κ2) is 5.93. The fourth-order valence-electron chi connectivity index (χ4n) is 1.43. The summed E-state index contributed by atoms with van der Waals surface area (Å²) in [4.78, 5) is 22.6. The zero-order valence-electron chi connectivity index (χ0n) is 9.67. The van der Waals surface area contributed by atoms with Crippen LogP contribution in [-0.2, 0) is 4.79 Å². The minimum atomic E-state index is -0.500. The van der Waals surface area contributed by atoms with Crippen molar-refractivity contribution in [2.45, 2.75) is 19.4 Å². The van der Waals surface area contributed by atoms with Gasteiger partial charge in [-0.2, -0.15) is 0 Å². The maximum atomic E-state index is 11.9. The summed E-state index contributed by atoms with van der Waals surface area (Å²) in [5, 5.41) is 2.90. The molecular weight excluding hydrogens is 277 g/mol. The fraction of sp³-hybridized carbons (Fsp3) is 0.273. The minimum absolute atomic E-state index is 0.0411. The van der Waals surface area contributed by atoms with Crippen LogP contribution in [0.25, 0.3) is 0 Å². The van der Waals surface area contributed by atoms with Gasteiger partial charge in [0.05, 0.1) is 15.6 Å². The van der Waals surface area contributed by atoms with Crippen LogP contribution in [0, 0.1) is 0 Å². The first-order valence-electron chi connectivity index (χ1n) is 5.15. The largest absolute Gasteiger partial charge is 0.399 e. The molecule has 0 heterocycles. The molecule has 0 radical (unpaired) electrons. The van der Waals surface area contributed by atoms with E-state index in [1.165, 1.54) is 12.1 Å². The summed E-state index contributed by atoms with van der Waals surface area (Å²) in [6, 6.07) is 2.47. The molecule has 0 fully saturated rings. The van der Waals surface area contributed by atoms with Gasteiger partial charge in [-0.1, -0.05) is 23.2 Å². The van der Waals surface area contributed by atoms with E-state index in [0.29, 0.717) is 5.69 Å². The molecule has 1 unspecified atom stereocenters. The molecule has 1 atom stereocenters. The number of nitrogens with two attached hydrogens (primary N) is 2. The van der Waals surface area contributed by atoms with E-state index in [4.69, 9.17) is 34.7 Å².